The number of ether oxygens (including phenoxy) is 1. The summed E-state index contributed by atoms with van der Waals surface area (Å²) in [6, 6.07) is 14.2. The summed E-state index contributed by atoms with van der Waals surface area (Å²) >= 11 is 0. The summed E-state index contributed by atoms with van der Waals surface area (Å²) < 4.78 is 11.6. The number of furan rings is 1. The summed E-state index contributed by atoms with van der Waals surface area (Å²) in [6.07, 6.45) is 5.89. The molecular weight excluding hydrogens is 352 g/mol. The molecule has 3 heterocycles. The summed E-state index contributed by atoms with van der Waals surface area (Å²) in [5.74, 6) is 0.733. The number of carbonyl (C=O) groups is 1. The van der Waals surface area contributed by atoms with E-state index in [0.717, 1.165) is 45.3 Å². The quantitative estimate of drug-likeness (QED) is 0.825. The van der Waals surface area contributed by atoms with Gasteiger partial charge in [-0.2, -0.15) is 0 Å². The van der Waals surface area contributed by atoms with Crippen LogP contribution in [-0.4, -0.2) is 48.7 Å². The predicted octanol–water partition coefficient (Wildman–Crippen LogP) is 3.83. The summed E-state index contributed by atoms with van der Waals surface area (Å²) in [5.41, 5.74) is 1.42. The molecule has 4 rings (SSSR count). The molecule has 0 bridgehead atoms. The molecule has 1 N–H and O–H groups in total. The van der Waals surface area contributed by atoms with E-state index in [4.69, 9.17) is 9.15 Å². The van der Waals surface area contributed by atoms with Crippen molar-refractivity contribution in [1.29, 1.82) is 0 Å². The second-order valence-corrected chi connectivity index (χ2v) is 8.26. The van der Waals surface area contributed by atoms with Gasteiger partial charge in [0.05, 0.1) is 18.0 Å². The first kappa shape index (κ1) is 19.2. The summed E-state index contributed by atoms with van der Waals surface area (Å²) in [6.45, 7) is 6.13. The summed E-state index contributed by atoms with van der Waals surface area (Å²) in [7, 11) is 0. The van der Waals surface area contributed by atoms with Crippen molar-refractivity contribution >= 4 is 5.91 Å². The minimum absolute atomic E-state index is 0.00651. The molecule has 5 heteroatoms. The number of benzene rings is 1. The Morgan fingerprint density at radius 2 is 1.96 bits per heavy atom. The maximum Gasteiger partial charge on any atom is 0.287 e. The fraction of sp³-hybridized carbons (Fsp3) is 0.522. The molecule has 1 amide bonds. The van der Waals surface area contributed by atoms with E-state index in [0.29, 0.717) is 18.2 Å². The zero-order valence-corrected chi connectivity index (χ0v) is 16.6. The smallest absolute Gasteiger partial charge is 0.287 e. The van der Waals surface area contributed by atoms with Crippen LogP contribution < -0.4 is 5.32 Å². The van der Waals surface area contributed by atoms with Gasteiger partial charge in [0.2, 0.25) is 0 Å². The second-order valence-electron chi connectivity index (χ2n) is 8.26. The van der Waals surface area contributed by atoms with Gasteiger partial charge < -0.3 is 19.4 Å². The molecular formula is C23H30N2O3. The van der Waals surface area contributed by atoms with Gasteiger partial charge in [0, 0.05) is 26.2 Å². The molecule has 1 spiro atoms. The zero-order chi connectivity index (χ0) is 19.4. The first-order valence-corrected chi connectivity index (χ1v) is 10.4. The molecule has 28 heavy (non-hydrogen) atoms. The molecule has 2 fully saturated rings. The van der Waals surface area contributed by atoms with Crippen LogP contribution >= 0.6 is 0 Å². The zero-order valence-electron chi connectivity index (χ0n) is 16.6. The predicted molar refractivity (Wildman–Crippen MR) is 108 cm³/mol. The Bertz CT molecular complexity index is 751. The Morgan fingerprint density at radius 3 is 2.68 bits per heavy atom. The lowest BCUT2D eigenvalue weighted by Gasteiger charge is -2.40. The Hall–Kier alpha value is -2.11. The fourth-order valence-corrected chi connectivity index (χ4v) is 4.53. The molecule has 2 atom stereocenters. The van der Waals surface area contributed by atoms with E-state index in [9.17, 15) is 4.79 Å². The van der Waals surface area contributed by atoms with Gasteiger partial charge in [-0.05, 0) is 49.3 Å². The Kier molecular flexibility index (Phi) is 5.83. The standard InChI is InChI=1S/C23H30N2O3/c1-18(19-6-3-2-4-7-19)17-25-13-11-23(12-14-25)10-9-20(28-23)16-24-22(26)21-8-5-15-27-21/h2-8,15,18,20H,9-14,16-17H2,1H3,(H,24,26)/t18-,20-/m0/s1. The second kappa shape index (κ2) is 8.50. The average molecular weight is 383 g/mol. The minimum Gasteiger partial charge on any atom is -0.459 e. The van der Waals surface area contributed by atoms with E-state index < -0.39 is 0 Å². The van der Waals surface area contributed by atoms with Crippen molar-refractivity contribution in [2.45, 2.75) is 50.2 Å². The number of hydrogen-bond donors (Lipinski definition) is 1. The first-order valence-electron chi connectivity index (χ1n) is 10.4. The van der Waals surface area contributed by atoms with Crippen LogP contribution in [0.3, 0.4) is 0 Å². The third-order valence-electron chi connectivity index (χ3n) is 6.24. The van der Waals surface area contributed by atoms with Crippen LogP contribution in [0.4, 0.5) is 0 Å². The van der Waals surface area contributed by atoms with Crippen LogP contribution in [0.25, 0.3) is 0 Å². The van der Waals surface area contributed by atoms with E-state index >= 15 is 0 Å². The van der Waals surface area contributed by atoms with Crippen molar-refractivity contribution in [3.8, 4) is 0 Å². The highest BCUT2D eigenvalue weighted by Gasteiger charge is 2.42. The SMILES string of the molecule is C[C@@H](CN1CCC2(CC[C@@H](CNC(=O)c3ccco3)O2)CC1)c1ccccc1. The van der Waals surface area contributed by atoms with Crippen molar-refractivity contribution in [3.05, 3.63) is 60.1 Å². The number of carbonyl (C=O) groups excluding carboxylic acids is 1. The number of hydrogen-bond acceptors (Lipinski definition) is 4. The maximum absolute atomic E-state index is 12.0. The normalized spacial score (nSPS) is 23.0. The van der Waals surface area contributed by atoms with Crippen molar-refractivity contribution < 1.29 is 13.9 Å². The Morgan fingerprint density at radius 1 is 1.18 bits per heavy atom. The highest BCUT2D eigenvalue weighted by atomic mass is 16.5. The van der Waals surface area contributed by atoms with Crippen LogP contribution in [0.2, 0.25) is 0 Å². The first-order chi connectivity index (χ1) is 13.6. The molecule has 2 aliphatic rings. The van der Waals surface area contributed by atoms with Crippen molar-refractivity contribution in [1.82, 2.24) is 10.2 Å². The highest BCUT2D eigenvalue weighted by Crippen LogP contribution is 2.39. The number of nitrogens with zero attached hydrogens (tertiary/aromatic N) is 1. The molecule has 2 aliphatic heterocycles. The third-order valence-corrected chi connectivity index (χ3v) is 6.24. The van der Waals surface area contributed by atoms with Crippen molar-refractivity contribution in [2.24, 2.45) is 0 Å². The van der Waals surface area contributed by atoms with Gasteiger partial charge in [-0.15, -0.1) is 0 Å². The topological polar surface area (TPSA) is 54.7 Å². The molecule has 0 unspecified atom stereocenters. The van der Waals surface area contributed by atoms with Crippen molar-refractivity contribution in [2.75, 3.05) is 26.2 Å². The lowest BCUT2D eigenvalue weighted by molar-refractivity contribution is -0.0758. The molecule has 2 saturated heterocycles. The molecule has 150 valence electrons. The molecule has 1 aromatic carbocycles. The van der Waals surface area contributed by atoms with Crippen LogP contribution in [0.5, 0.6) is 0 Å². The Balaban J connectivity index is 1.22. The largest absolute Gasteiger partial charge is 0.459 e. The maximum atomic E-state index is 12.0. The van der Waals surface area contributed by atoms with Gasteiger partial charge in [0.25, 0.3) is 5.91 Å². The van der Waals surface area contributed by atoms with Crippen LogP contribution in [0, 0.1) is 0 Å². The Labute approximate surface area is 167 Å². The van der Waals surface area contributed by atoms with Crippen LogP contribution in [0.1, 0.15) is 54.6 Å². The van der Waals surface area contributed by atoms with Gasteiger partial charge in [-0.25, -0.2) is 0 Å². The number of piperidine rings is 1. The van der Waals surface area contributed by atoms with Gasteiger partial charge in [0.15, 0.2) is 5.76 Å². The number of nitrogens with one attached hydrogen (secondary N) is 1. The minimum atomic E-state index is -0.167. The highest BCUT2D eigenvalue weighted by molar-refractivity contribution is 5.91. The molecule has 1 aromatic heterocycles. The number of amides is 1. The summed E-state index contributed by atoms with van der Waals surface area (Å²) in [5, 5.41) is 2.93. The molecule has 0 radical (unpaired) electrons. The van der Waals surface area contributed by atoms with E-state index in [-0.39, 0.29) is 17.6 Å². The van der Waals surface area contributed by atoms with E-state index in [1.165, 1.54) is 11.8 Å². The van der Waals surface area contributed by atoms with Gasteiger partial charge in [-0.1, -0.05) is 37.3 Å². The van der Waals surface area contributed by atoms with E-state index in [1.54, 1.807) is 12.1 Å². The molecule has 0 saturated carbocycles. The molecule has 5 nitrogen and oxygen atoms in total. The van der Waals surface area contributed by atoms with Gasteiger partial charge >= 0.3 is 0 Å². The van der Waals surface area contributed by atoms with E-state index in [2.05, 4.69) is 47.5 Å². The molecule has 0 aliphatic carbocycles. The lowest BCUT2D eigenvalue weighted by atomic mass is 9.88. The van der Waals surface area contributed by atoms with Gasteiger partial charge in [-0.3, -0.25) is 4.79 Å². The lowest BCUT2D eigenvalue weighted by Crippen LogP contribution is -2.46. The average Bonchev–Trinajstić information content (AvgIpc) is 3.40. The monoisotopic (exact) mass is 382 g/mol. The van der Waals surface area contributed by atoms with Gasteiger partial charge in [0.1, 0.15) is 0 Å². The summed E-state index contributed by atoms with van der Waals surface area (Å²) in [4.78, 5) is 14.6. The number of likely N-dealkylation sites (tertiary alicyclic amines) is 1. The van der Waals surface area contributed by atoms with Crippen LogP contribution in [0.15, 0.2) is 53.1 Å². The number of rotatable bonds is 6. The van der Waals surface area contributed by atoms with Crippen LogP contribution in [-0.2, 0) is 4.74 Å². The fourth-order valence-electron chi connectivity index (χ4n) is 4.53. The van der Waals surface area contributed by atoms with Crippen molar-refractivity contribution in [3.63, 3.8) is 0 Å². The molecule has 2 aromatic rings. The third kappa shape index (κ3) is 4.47. The van der Waals surface area contributed by atoms with E-state index in [1.807, 2.05) is 0 Å².